The quantitative estimate of drug-likeness (QED) is 0.332. The molecule has 1 aliphatic carbocycles. The van der Waals surface area contributed by atoms with Crippen molar-refractivity contribution in [3.05, 3.63) is 53.7 Å². The summed E-state index contributed by atoms with van der Waals surface area (Å²) in [5, 5.41) is 7.13. The Bertz CT molecular complexity index is 895. The van der Waals surface area contributed by atoms with Gasteiger partial charge in [0.15, 0.2) is 5.96 Å². The summed E-state index contributed by atoms with van der Waals surface area (Å²) in [5.74, 6) is 2.81. The number of para-hydroxylation sites is 1. The minimum absolute atomic E-state index is 0. The minimum Gasteiger partial charge on any atom is -0.487 e. The number of benzene rings is 1. The van der Waals surface area contributed by atoms with Crippen molar-refractivity contribution < 1.29 is 4.74 Å². The van der Waals surface area contributed by atoms with Crippen LogP contribution < -0.4 is 20.3 Å². The Kier molecular flexibility index (Phi) is 8.02. The van der Waals surface area contributed by atoms with Gasteiger partial charge in [0.25, 0.3) is 0 Å². The second-order valence-corrected chi connectivity index (χ2v) is 8.51. The Morgan fingerprint density at radius 2 is 1.97 bits per heavy atom. The average molecular weight is 535 g/mol. The van der Waals surface area contributed by atoms with Crippen LogP contribution in [0.1, 0.15) is 56.2 Å². The van der Waals surface area contributed by atoms with E-state index in [-0.39, 0.29) is 35.6 Å². The molecular weight excluding hydrogens is 501 g/mol. The summed E-state index contributed by atoms with van der Waals surface area (Å²) >= 11 is 0. The molecule has 1 saturated carbocycles. The van der Waals surface area contributed by atoms with Gasteiger partial charge in [-0.2, -0.15) is 0 Å². The Hall–Kier alpha value is -2.03. The van der Waals surface area contributed by atoms with E-state index in [1.54, 1.807) is 0 Å². The van der Waals surface area contributed by atoms with Crippen molar-refractivity contribution >= 4 is 35.8 Å². The lowest BCUT2D eigenvalue weighted by atomic mass is 9.86. The third-order valence-electron chi connectivity index (χ3n) is 6.07. The van der Waals surface area contributed by atoms with Crippen LogP contribution in [0.15, 0.2) is 47.6 Å². The molecule has 31 heavy (non-hydrogen) atoms. The van der Waals surface area contributed by atoms with E-state index in [0.717, 1.165) is 48.9 Å². The molecule has 1 aromatic carbocycles. The van der Waals surface area contributed by atoms with Gasteiger partial charge in [-0.15, -0.1) is 24.0 Å². The summed E-state index contributed by atoms with van der Waals surface area (Å²) in [6.07, 6.45) is 7.56. The molecule has 4 rings (SSSR count). The van der Waals surface area contributed by atoms with Gasteiger partial charge >= 0.3 is 0 Å². The van der Waals surface area contributed by atoms with E-state index in [2.05, 4.69) is 52.9 Å². The molecule has 1 aliphatic heterocycles. The number of aliphatic imine (C=N–C) groups is 1. The lowest BCUT2D eigenvalue weighted by Crippen LogP contribution is -2.46. The van der Waals surface area contributed by atoms with Crippen LogP contribution in [0, 0.1) is 0 Å². The average Bonchev–Trinajstić information content (AvgIpc) is 3.19. The second kappa shape index (κ2) is 10.5. The highest BCUT2D eigenvalue weighted by atomic mass is 127. The number of pyridine rings is 1. The Morgan fingerprint density at radius 1 is 1.19 bits per heavy atom. The molecule has 0 saturated heterocycles. The van der Waals surface area contributed by atoms with E-state index in [0.29, 0.717) is 6.54 Å². The topological polar surface area (TPSA) is 61.8 Å². The predicted molar refractivity (Wildman–Crippen MR) is 138 cm³/mol. The van der Waals surface area contributed by atoms with E-state index in [4.69, 9.17) is 9.73 Å². The summed E-state index contributed by atoms with van der Waals surface area (Å²) in [6, 6.07) is 12.7. The van der Waals surface area contributed by atoms with Crippen molar-refractivity contribution in [3.63, 3.8) is 0 Å². The van der Waals surface area contributed by atoms with E-state index < -0.39 is 0 Å². The number of rotatable bonds is 5. The molecule has 2 aromatic rings. The molecule has 2 N–H and O–H groups in total. The summed E-state index contributed by atoms with van der Waals surface area (Å²) in [4.78, 5) is 11.4. The summed E-state index contributed by atoms with van der Waals surface area (Å²) in [7, 11) is 4.03. The van der Waals surface area contributed by atoms with Gasteiger partial charge in [0.1, 0.15) is 17.2 Å². The maximum Gasteiger partial charge on any atom is 0.192 e. The van der Waals surface area contributed by atoms with E-state index >= 15 is 0 Å². The predicted octanol–water partition coefficient (Wildman–Crippen LogP) is 4.66. The Balaban J connectivity index is 0.00000272. The highest BCUT2D eigenvalue weighted by Gasteiger charge is 2.43. The minimum atomic E-state index is -0.0369. The second-order valence-electron chi connectivity index (χ2n) is 8.51. The summed E-state index contributed by atoms with van der Waals surface area (Å²) in [6.45, 7) is 3.49. The maximum absolute atomic E-state index is 6.51. The largest absolute Gasteiger partial charge is 0.487 e. The Labute approximate surface area is 202 Å². The van der Waals surface area contributed by atoms with Gasteiger partial charge in [0, 0.05) is 44.4 Å². The van der Waals surface area contributed by atoms with Crippen LogP contribution in [0.2, 0.25) is 0 Å². The van der Waals surface area contributed by atoms with Crippen LogP contribution >= 0.6 is 24.0 Å². The van der Waals surface area contributed by atoms with Crippen molar-refractivity contribution in [2.75, 3.05) is 25.5 Å². The lowest BCUT2D eigenvalue weighted by molar-refractivity contribution is 0.0396. The van der Waals surface area contributed by atoms with E-state index in [9.17, 15) is 0 Å². The number of hydrogen-bond donors (Lipinski definition) is 2. The van der Waals surface area contributed by atoms with E-state index in [1.165, 1.54) is 18.4 Å². The first kappa shape index (κ1) is 23.6. The number of nitrogens with zero attached hydrogens (tertiary/aromatic N) is 3. The van der Waals surface area contributed by atoms with Gasteiger partial charge in [0.05, 0.1) is 12.6 Å². The number of halogens is 1. The van der Waals surface area contributed by atoms with Crippen LogP contribution in [0.3, 0.4) is 0 Å². The zero-order chi connectivity index (χ0) is 21.0. The standard InChI is InChI=1S/C24H33N5O.HI/c1-4-25-23(27-17-18-10-9-15-26-22(18)29(2)3)28-20-16-24(13-7-8-14-24)30-21-12-6-5-11-19(20)21;/h5-6,9-12,15,20H,4,7-8,13-14,16-17H2,1-3H3,(H2,25,27,28);1H. The summed E-state index contributed by atoms with van der Waals surface area (Å²) in [5.41, 5.74) is 2.29. The van der Waals surface area contributed by atoms with Gasteiger partial charge in [-0.05, 0) is 44.7 Å². The molecule has 0 amide bonds. The molecule has 1 atom stereocenters. The van der Waals surface area contributed by atoms with Gasteiger partial charge in [0.2, 0.25) is 0 Å². The number of fused-ring (bicyclic) bond motifs is 1. The highest BCUT2D eigenvalue weighted by molar-refractivity contribution is 14.0. The first-order valence-corrected chi connectivity index (χ1v) is 11.0. The van der Waals surface area contributed by atoms with Gasteiger partial charge in [-0.1, -0.05) is 24.3 Å². The SMILES string of the molecule is CCNC(=NCc1cccnc1N(C)C)NC1CC2(CCCC2)Oc2ccccc21.I. The van der Waals surface area contributed by atoms with Crippen LogP contribution in [0.4, 0.5) is 5.82 Å². The van der Waals surface area contributed by atoms with Crippen molar-refractivity contribution in [2.24, 2.45) is 4.99 Å². The molecule has 168 valence electrons. The molecule has 6 nitrogen and oxygen atoms in total. The number of aromatic nitrogens is 1. The fourth-order valence-electron chi connectivity index (χ4n) is 4.68. The molecule has 2 heterocycles. The normalized spacial score (nSPS) is 19.2. The number of hydrogen-bond acceptors (Lipinski definition) is 4. The maximum atomic E-state index is 6.51. The van der Waals surface area contributed by atoms with Crippen molar-refractivity contribution in [3.8, 4) is 5.75 Å². The van der Waals surface area contributed by atoms with Crippen LogP contribution in [0.5, 0.6) is 5.75 Å². The van der Waals surface area contributed by atoms with Crippen molar-refractivity contribution in [1.82, 2.24) is 15.6 Å². The first-order valence-electron chi connectivity index (χ1n) is 11.0. The molecule has 2 aliphatic rings. The number of guanidine groups is 1. The smallest absolute Gasteiger partial charge is 0.192 e. The van der Waals surface area contributed by atoms with Crippen LogP contribution in [0.25, 0.3) is 0 Å². The molecule has 7 heteroatoms. The van der Waals surface area contributed by atoms with Gasteiger partial charge in [-0.25, -0.2) is 9.98 Å². The number of anilines is 1. The molecule has 0 radical (unpaired) electrons. The van der Waals surface area contributed by atoms with Gasteiger partial charge < -0.3 is 20.3 Å². The Morgan fingerprint density at radius 3 is 2.71 bits per heavy atom. The van der Waals surface area contributed by atoms with Crippen LogP contribution in [-0.2, 0) is 6.54 Å². The summed E-state index contributed by atoms with van der Waals surface area (Å²) < 4.78 is 6.51. The zero-order valence-electron chi connectivity index (χ0n) is 18.7. The monoisotopic (exact) mass is 535 g/mol. The third kappa shape index (κ3) is 5.42. The fourth-order valence-corrected chi connectivity index (χ4v) is 4.68. The highest BCUT2D eigenvalue weighted by Crippen LogP contribution is 2.46. The number of ether oxygens (including phenoxy) is 1. The fraction of sp³-hybridized carbons (Fsp3) is 0.500. The van der Waals surface area contributed by atoms with E-state index in [1.807, 2.05) is 31.3 Å². The van der Waals surface area contributed by atoms with Crippen molar-refractivity contribution in [2.45, 2.75) is 57.2 Å². The number of nitrogens with one attached hydrogen (secondary N) is 2. The molecular formula is C24H34IN5O. The molecule has 1 unspecified atom stereocenters. The molecule has 1 fully saturated rings. The molecule has 1 aromatic heterocycles. The first-order chi connectivity index (χ1) is 14.6. The van der Waals surface area contributed by atoms with Crippen LogP contribution in [-0.4, -0.2) is 37.2 Å². The zero-order valence-corrected chi connectivity index (χ0v) is 21.1. The molecule has 0 bridgehead atoms. The third-order valence-corrected chi connectivity index (χ3v) is 6.07. The van der Waals surface area contributed by atoms with Crippen molar-refractivity contribution in [1.29, 1.82) is 0 Å². The van der Waals surface area contributed by atoms with Gasteiger partial charge in [-0.3, -0.25) is 0 Å². The lowest BCUT2D eigenvalue weighted by Gasteiger charge is -2.40. The molecule has 1 spiro atoms.